The molecule has 1 heterocycles. The highest BCUT2D eigenvalue weighted by Gasteiger charge is 2.40. The summed E-state index contributed by atoms with van der Waals surface area (Å²) in [6, 6.07) is 0. The average molecular weight is 291 g/mol. The maximum absolute atomic E-state index is 13.0. The molecule has 0 aromatic carbocycles. The molecule has 0 spiro atoms. The van der Waals surface area contributed by atoms with Gasteiger partial charge in [-0.1, -0.05) is 0 Å². The van der Waals surface area contributed by atoms with Gasteiger partial charge < -0.3 is 10.5 Å². The maximum Gasteiger partial charge on any atom is 0.434 e. The minimum Gasteiger partial charge on any atom is -0.462 e. The van der Waals surface area contributed by atoms with Crippen molar-refractivity contribution in [3.05, 3.63) is 23.5 Å². The lowest BCUT2D eigenvalue weighted by molar-refractivity contribution is -0.143. The second-order valence-corrected chi connectivity index (χ2v) is 4.71. The molecule has 0 aliphatic heterocycles. The van der Waals surface area contributed by atoms with E-state index >= 15 is 0 Å². The van der Waals surface area contributed by atoms with Gasteiger partial charge in [-0.25, -0.2) is 9.48 Å². The van der Waals surface area contributed by atoms with E-state index in [1.165, 1.54) is 13.0 Å². The van der Waals surface area contributed by atoms with E-state index in [9.17, 15) is 18.0 Å². The summed E-state index contributed by atoms with van der Waals surface area (Å²) in [5, 5.41) is 3.54. The van der Waals surface area contributed by atoms with Crippen molar-refractivity contribution in [3.8, 4) is 0 Å². The Hall–Kier alpha value is -1.83. The predicted molar refractivity (Wildman–Crippen MR) is 66.8 cm³/mol. The number of alkyl halides is 3. The Labute approximate surface area is 114 Å². The fourth-order valence-corrected chi connectivity index (χ4v) is 1.38. The molecule has 1 aromatic rings. The van der Waals surface area contributed by atoms with E-state index in [1.54, 1.807) is 13.8 Å². The summed E-state index contributed by atoms with van der Waals surface area (Å²) in [5.74, 6) is -1.06. The Morgan fingerprint density at radius 3 is 2.55 bits per heavy atom. The van der Waals surface area contributed by atoms with Gasteiger partial charge in [0, 0.05) is 11.7 Å². The third-order valence-electron chi connectivity index (χ3n) is 2.20. The smallest absolute Gasteiger partial charge is 0.434 e. The first-order valence-corrected chi connectivity index (χ1v) is 5.86. The Balaban J connectivity index is 3.27. The van der Waals surface area contributed by atoms with Gasteiger partial charge in [-0.2, -0.15) is 18.3 Å². The van der Waals surface area contributed by atoms with Crippen molar-refractivity contribution in [1.29, 1.82) is 0 Å². The topological polar surface area (TPSA) is 70.1 Å². The summed E-state index contributed by atoms with van der Waals surface area (Å²) in [6.45, 7) is 4.72. The summed E-state index contributed by atoms with van der Waals surface area (Å²) in [4.78, 5) is 11.5. The normalized spacial score (nSPS) is 12.9. The lowest BCUT2D eigenvalue weighted by Gasteiger charge is -2.13. The number of nitrogens with zero attached hydrogens (tertiary/aromatic N) is 2. The van der Waals surface area contributed by atoms with Crippen LogP contribution in [0.15, 0.2) is 12.3 Å². The van der Waals surface area contributed by atoms with Crippen molar-refractivity contribution < 1.29 is 22.7 Å². The maximum atomic E-state index is 13.0. The van der Waals surface area contributed by atoms with Crippen molar-refractivity contribution in [3.63, 3.8) is 0 Å². The van der Waals surface area contributed by atoms with E-state index in [1.807, 2.05) is 0 Å². The van der Waals surface area contributed by atoms with Gasteiger partial charge in [0.1, 0.15) is 5.56 Å². The van der Waals surface area contributed by atoms with Crippen molar-refractivity contribution >= 4 is 12.2 Å². The van der Waals surface area contributed by atoms with Crippen LogP contribution in [-0.4, -0.2) is 27.9 Å². The molecule has 0 fully saturated rings. The molecule has 112 valence electrons. The Bertz CT molecular complexity index is 513. The summed E-state index contributed by atoms with van der Waals surface area (Å²) in [5.41, 5.74) is 3.04. The van der Waals surface area contributed by atoms with Crippen LogP contribution in [0.3, 0.4) is 0 Å². The van der Waals surface area contributed by atoms with Gasteiger partial charge in [-0.3, -0.25) is 0 Å². The number of hydrogen-bond acceptors (Lipinski definition) is 4. The van der Waals surface area contributed by atoms with Crippen molar-refractivity contribution in [2.24, 2.45) is 5.73 Å². The van der Waals surface area contributed by atoms with E-state index in [2.05, 4.69) is 9.84 Å². The van der Waals surface area contributed by atoms with E-state index < -0.39 is 28.9 Å². The van der Waals surface area contributed by atoms with Crippen molar-refractivity contribution in [2.45, 2.75) is 32.5 Å². The van der Waals surface area contributed by atoms with Crippen LogP contribution in [0.2, 0.25) is 0 Å². The van der Waals surface area contributed by atoms with E-state index in [-0.39, 0.29) is 6.61 Å². The van der Waals surface area contributed by atoms with Crippen LogP contribution in [0, 0.1) is 0 Å². The van der Waals surface area contributed by atoms with Crippen LogP contribution in [-0.2, 0) is 10.9 Å². The van der Waals surface area contributed by atoms with Gasteiger partial charge >= 0.3 is 12.1 Å². The number of halogens is 3. The zero-order valence-electron chi connectivity index (χ0n) is 11.4. The standard InChI is InChI=1S/C12H16F3N3O2/c1-4-20-10(19)8-7-17-18(6-5-11(2,3)16)9(8)12(13,14)15/h5-7H,4,16H2,1-3H3. The largest absolute Gasteiger partial charge is 0.462 e. The van der Waals surface area contributed by atoms with Crippen molar-refractivity contribution in [2.75, 3.05) is 6.61 Å². The van der Waals surface area contributed by atoms with Crippen molar-refractivity contribution in [1.82, 2.24) is 9.78 Å². The SMILES string of the molecule is CCOC(=O)c1cnn(C=CC(C)(C)N)c1C(F)(F)F. The molecule has 20 heavy (non-hydrogen) atoms. The number of carbonyl (C=O) groups excluding carboxylic acids is 1. The number of hydrogen-bond donors (Lipinski definition) is 1. The second-order valence-electron chi connectivity index (χ2n) is 4.71. The third kappa shape index (κ3) is 4.09. The molecule has 1 aromatic heterocycles. The highest BCUT2D eigenvalue weighted by Crippen LogP contribution is 2.32. The fraction of sp³-hybridized carbons (Fsp3) is 0.500. The highest BCUT2D eigenvalue weighted by atomic mass is 19.4. The number of ether oxygens (including phenoxy) is 1. The van der Waals surface area contributed by atoms with Crippen LogP contribution in [0.5, 0.6) is 0 Å². The van der Waals surface area contributed by atoms with Crippen LogP contribution < -0.4 is 5.73 Å². The molecule has 0 bridgehead atoms. The molecule has 2 N–H and O–H groups in total. The molecular weight excluding hydrogens is 275 g/mol. The quantitative estimate of drug-likeness (QED) is 0.864. The molecule has 1 rings (SSSR count). The van der Waals surface area contributed by atoms with Crippen LogP contribution in [0.25, 0.3) is 6.20 Å². The molecule has 0 atom stereocenters. The predicted octanol–water partition coefficient (Wildman–Crippen LogP) is 2.29. The zero-order valence-corrected chi connectivity index (χ0v) is 11.4. The Kier molecular flexibility index (Phi) is 4.59. The lowest BCUT2D eigenvalue weighted by atomic mass is 10.1. The number of aromatic nitrogens is 2. The number of nitrogens with two attached hydrogens (primary N) is 1. The number of esters is 1. The first kappa shape index (κ1) is 16.2. The minimum atomic E-state index is -4.73. The molecule has 0 radical (unpaired) electrons. The lowest BCUT2D eigenvalue weighted by Crippen LogP contribution is -2.29. The summed E-state index contributed by atoms with van der Waals surface area (Å²) in [7, 11) is 0. The zero-order chi connectivity index (χ0) is 15.6. The molecule has 0 aliphatic rings. The number of rotatable bonds is 4. The summed E-state index contributed by atoms with van der Waals surface area (Å²) >= 11 is 0. The molecule has 0 amide bonds. The van der Waals surface area contributed by atoms with Crippen LogP contribution in [0.1, 0.15) is 36.8 Å². The molecule has 0 saturated heterocycles. The molecule has 0 saturated carbocycles. The summed E-state index contributed by atoms with van der Waals surface area (Å²) < 4.78 is 44.2. The monoisotopic (exact) mass is 291 g/mol. The van der Waals surface area contributed by atoms with Gasteiger partial charge in [0.05, 0.1) is 12.8 Å². The molecule has 0 aliphatic carbocycles. The Morgan fingerprint density at radius 2 is 2.10 bits per heavy atom. The van der Waals surface area contributed by atoms with E-state index in [0.717, 1.165) is 12.4 Å². The van der Waals surface area contributed by atoms with Crippen LogP contribution >= 0.6 is 0 Å². The first-order chi connectivity index (χ1) is 9.06. The fourth-order valence-electron chi connectivity index (χ4n) is 1.38. The molecule has 0 unspecified atom stereocenters. The van der Waals surface area contributed by atoms with Gasteiger partial charge in [0.2, 0.25) is 0 Å². The molecule has 8 heteroatoms. The second kappa shape index (κ2) is 5.66. The van der Waals surface area contributed by atoms with Gasteiger partial charge in [0.25, 0.3) is 0 Å². The average Bonchev–Trinajstić information content (AvgIpc) is 2.69. The summed E-state index contributed by atoms with van der Waals surface area (Å²) in [6.07, 6.45) is -1.48. The Morgan fingerprint density at radius 1 is 1.50 bits per heavy atom. The third-order valence-corrected chi connectivity index (χ3v) is 2.20. The van der Waals surface area contributed by atoms with E-state index in [0.29, 0.717) is 4.68 Å². The van der Waals surface area contributed by atoms with Gasteiger partial charge in [-0.15, -0.1) is 0 Å². The highest BCUT2D eigenvalue weighted by molar-refractivity contribution is 5.90. The van der Waals surface area contributed by atoms with Gasteiger partial charge in [0.15, 0.2) is 5.69 Å². The molecule has 5 nitrogen and oxygen atoms in total. The minimum absolute atomic E-state index is 0.0209. The van der Waals surface area contributed by atoms with E-state index in [4.69, 9.17) is 5.73 Å². The van der Waals surface area contributed by atoms with Crippen LogP contribution in [0.4, 0.5) is 13.2 Å². The molecular formula is C12H16F3N3O2. The van der Waals surface area contributed by atoms with Gasteiger partial charge in [-0.05, 0) is 26.8 Å². The first-order valence-electron chi connectivity index (χ1n) is 5.86. The number of carbonyl (C=O) groups is 1.